The van der Waals surface area contributed by atoms with Gasteiger partial charge in [0, 0.05) is 18.3 Å². The molecule has 6 heteroatoms. The van der Waals surface area contributed by atoms with E-state index in [1.165, 1.54) is 0 Å². The van der Waals surface area contributed by atoms with E-state index in [0.717, 1.165) is 12.1 Å². The number of anilines is 2. The van der Waals surface area contributed by atoms with Crippen molar-refractivity contribution >= 4 is 23.2 Å². The highest BCUT2D eigenvalue weighted by Gasteiger charge is 2.31. The Bertz CT molecular complexity index is 792. The van der Waals surface area contributed by atoms with Crippen molar-refractivity contribution in [1.29, 1.82) is 0 Å². The van der Waals surface area contributed by atoms with Crippen molar-refractivity contribution in [3.05, 3.63) is 48.5 Å². The van der Waals surface area contributed by atoms with Crippen molar-refractivity contribution in [2.24, 2.45) is 0 Å². The lowest BCUT2D eigenvalue weighted by molar-refractivity contribution is -0.125. The fourth-order valence-corrected chi connectivity index (χ4v) is 2.81. The van der Waals surface area contributed by atoms with Gasteiger partial charge in [0.25, 0.3) is 11.8 Å². The predicted molar refractivity (Wildman–Crippen MR) is 99.7 cm³/mol. The quantitative estimate of drug-likeness (QED) is 0.865. The van der Waals surface area contributed by atoms with E-state index in [1.807, 2.05) is 25.1 Å². The second-order valence-electron chi connectivity index (χ2n) is 6.08. The van der Waals surface area contributed by atoms with Crippen LogP contribution in [0.2, 0.25) is 0 Å². The molecule has 26 heavy (non-hydrogen) atoms. The van der Waals surface area contributed by atoms with Crippen molar-refractivity contribution < 1.29 is 19.1 Å². The number of rotatable bonds is 6. The summed E-state index contributed by atoms with van der Waals surface area (Å²) < 4.78 is 11.1. The van der Waals surface area contributed by atoms with Gasteiger partial charge in [-0.2, -0.15) is 0 Å². The van der Waals surface area contributed by atoms with Crippen molar-refractivity contribution in [2.75, 3.05) is 23.4 Å². The maximum Gasteiger partial charge on any atom is 0.267 e. The van der Waals surface area contributed by atoms with E-state index >= 15 is 0 Å². The highest BCUT2D eigenvalue weighted by atomic mass is 16.5. The van der Waals surface area contributed by atoms with Crippen LogP contribution in [0.15, 0.2) is 48.5 Å². The van der Waals surface area contributed by atoms with Crippen LogP contribution in [0.25, 0.3) is 0 Å². The van der Waals surface area contributed by atoms with E-state index in [0.29, 0.717) is 23.7 Å². The Balaban J connectivity index is 1.67. The number of hydrogen-bond donors (Lipinski definition) is 1. The van der Waals surface area contributed by atoms with Crippen LogP contribution in [0.5, 0.6) is 11.5 Å². The summed E-state index contributed by atoms with van der Waals surface area (Å²) >= 11 is 0. The average Bonchev–Trinajstić information content (AvgIpc) is 2.64. The van der Waals surface area contributed by atoms with Gasteiger partial charge in [0.2, 0.25) is 0 Å². The van der Waals surface area contributed by atoms with Gasteiger partial charge in [-0.25, -0.2) is 0 Å². The molecular formula is C20H22N2O4. The number of benzene rings is 2. The van der Waals surface area contributed by atoms with Gasteiger partial charge in [-0.05, 0) is 37.6 Å². The van der Waals surface area contributed by atoms with Crippen molar-refractivity contribution in [2.45, 2.75) is 26.4 Å². The lowest BCUT2D eigenvalue weighted by Crippen LogP contribution is -2.44. The molecule has 1 heterocycles. The topological polar surface area (TPSA) is 67.9 Å². The SMILES string of the molecule is CCCN1C(=O)C(C)Oc2cc(NC(=O)COc3ccccc3)ccc21. The van der Waals surface area contributed by atoms with E-state index < -0.39 is 6.10 Å². The van der Waals surface area contributed by atoms with Crippen LogP contribution in [0.4, 0.5) is 11.4 Å². The smallest absolute Gasteiger partial charge is 0.267 e. The Morgan fingerprint density at radius 2 is 2.00 bits per heavy atom. The summed E-state index contributed by atoms with van der Waals surface area (Å²) in [5.74, 6) is 0.915. The minimum atomic E-state index is -0.540. The molecule has 3 rings (SSSR count). The summed E-state index contributed by atoms with van der Waals surface area (Å²) in [5, 5.41) is 2.79. The number of carbonyl (C=O) groups is 2. The van der Waals surface area contributed by atoms with Gasteiger partial charge < -0.3 is 19.7 Å². The third-order valence-corrected chi connectivity index (χ3v) is 4.01. The summed E-state index contributed by atoms with van der Waals surface area (Å²) in [5.41, 5.74) is 1.33. The van der Waals surface area contributed by atoms with Crippen LogP contribution in [-0.4, -0.2) is 31.1 Å². The maximum absolute atomic E-state index is 12.3. The monoisotopic (exact) mass is 354 g/mol. The van der Waals surface area contributed by atoms with Gasteiger partial charge in [0.15, 0.2) is 12.7 Å². The zero-order valence-corrected chi connectivity index (χ0v) is 14.9. The highest BCUT2D eigenvalue weighted by Crippen LogP contribution is 2.36. The average molecular weight is 354 g/mol. The molecule has 1 atom stereocenters. The molecule has 0 spiro atoms. The predicted octanol–water partition coefficient (Wildman–Crippen LogP) is 3.23. The molecule has 0 fully saturated rings. The number of nitrogens with zero attached hydrogens (tertiary/aromatic N) is 1. The molecule has 0 saturated carbocycles. The molecule has 0 aliphatic carbocycles. The van der Waals surface area contributed by atoms with Crippen molar-refractivity contribution in [3.8, 4) is 11.5 Å². The molecule has 136 valence electrons. The first-order valence-electron chi connectivity index (χ1n) is 8.68. The van der Waals surface area contributed by atoms with E-state index in [1.54, 1.807) is 42.2 Å². The van der Waals surface area contributed by atoms with Crippen LogP contribution >= 0.6 is 0 Å². The first-order chi connectivity index (χ1) is 12.6. The Hall–Kier alpha value is -3.02. The Labute approximate surface area is 152 Å². The van der Waals surface area contributed by atoms with Crippen molar-refractivity contribution in [1.82, 2.24) is 0 Å². The number of fused-ring (bicyclic) bond motifs is 1. The molecule has 0 bridgehead atoms. The minimum Gasteiger partial charge on any atom is -0.484 e. The summed E-state index contributed by atoms with van der Waals surface area (Å²) in [6.07, 6.45) is 0.314. The van der Waals surface area contributed by atoms with E-state index in [-0.39, 0.29) is 18.4 Å². The largest absolute Gasteiger partial charge is 0.484 e. The first kappa shape index (κ1) is 17.8. The molecule has 1 N–H and O–H groups in total. The standard InChI is InChI=1S/C20H22N2O4/c1-3-11-22-17-10-9-15(12-18(17)26-14(2)20(22)24)21-19(23)13-25-16-7-5-4-6-8-16/h4-10,12,14H,3,11,13H2,1-2H3,(H,21,23). The zero-order chi connectivity index (χ0) is 18.5. The molecular weight excluding hydrogens is 332 g/mol. The van der Waals surface area contributed by atoms with Gasteiger partial charge in [0.05, 0.1) is 5.69 Å². The molecule has 1 aliphatic rings. The number of para-hydroxylation sites is 1. The Morgan fingerprint density at radius 3 is 2.73 bits per heavy atom. The van der Waals surface area contributed by atoms with E-state index in [9.17, 15) is 9.59 Å². The van der Waals surface area contributed by atoms with E-state index in [2.05, 4.69) is 5.32 Å². The van der Waals surface area contributed by atoms with Gasteiger partial charge in [-0.3, -0.25) is 9.59 Å². The second kappa shape index (κ2) is 7.91. The van der Waals surface area contributed by atoms with Crippen molar-refractivity contribution in [3.63, 3.8) is 0 Å². The molecule has 0 saturated heterocycles. The number of carbonyl (C=O) groups excluding carboxylic acids is 2. The van der Waals surface area contributed by atoms with Crippen LogP contribution < -0.4 is 19.7 Å². The number of nitrogens with one attached hydrogen (secondary N) is 1. The molecule has 2 amide bonds. The Kier molecular flexibility index (Phi) is 5.41. The molecule has 0 radical (unpaired) electrons. The third-order valence-electron chi connectivity index (χ3n) is 4.01. The normalized spacial score (nSPS) is 15.8. The molecule has 1 aliphatic heterocycles. The van der Waals surface area contributed by atoms with Gasteiger partial charge in [-0.1, -0.05) is 25.1 Å². The van der Waals surface area contributed by atoms with Gasteiger partial charge in [0.1, 0.15) is 11.5 Å². The number of ether oxygens (including phenoxy) is 2. The first-order valence-corrected chi connectivity index (χ1v) is 8.68. The summed E-state index contributed by atoms with van der Waals surface area (Å²) in [4.78, 5) is 26.1. The molecule has 2 aromatic carbocycles. The molecule has 0 aromatic heterocycles. The van der Waals surface area contributed by atoms with E-state index in [4.69, 9.17) is 9.47 Å². The summed E-state index contributed by atoms with van der Waals surface area (Å²) in [6.45, 7) is 4.30. The van der Waals surface area contributed by atoms with Crippen LogP contribution in [0, 0.1) is 0 Å². The molecule has 6 nitrogen and oxygen atoms in total. The van der Waals surface area contributed by atoms with Crippen LogP contribution in [-0.2, 0) is 9.59 Å². The van der Waals surface area contributed by atoms with Gasteiger partial charge >= 0.3 is 0 Å². The van der Waals surface area contributed by atoms with Crippen LogP contribution in [0.3, 0.4) is 0 Å². The summed E-state index contributed by atoms with van der Waals surface area (Å²) in [7, 11) is 0. The van der Waals surface area contributed by atoms with Gasteiger partial charge in [-0.15, -0.1) is 0 Å². The minimum absolute atomic E-state index is 0.0487. The highest BCUT2D eigenvalue weighted by molar-refractivity contribution is 6.00. The molecule has 2 aromatic rings. The molecule has 1 unspecified atom stereocenters. The summed E-state index contributed by atoms with van der Waals surface area (Å²) in [6, 6.07) is 14.4. The fraction of sp³-hybridized carbons (Fsp3) is 0.300. The van der Waals surface area contributed by atoms with Crippen LogP contribution in [0.1, 0.15) is 20.3 Å². The maximum atomic E-state index is 12.3. The fourth-order valence-electron chi connectivity index (χ4n) is 2.81. The lowest BCUT2D eigenvalue weighted by Gasteiger charge is -2.33. The lowest BCUT2D eigenvalue weighted by atomic mass is 10.1. The Morgan fingerprint density at radius 1 is 1.23 bits per heavy atom. The third kappa shape index (κ3) is 3.96. The number of hydrogen-bond acceptors (Lipinski definition) is 4. The number of amides is 2. The zero-order valence-electron chi connectivity index (χ0n) is 14.9. The second-order valence-corrected chi connectivity index (χ2v) is 6.08.